The molecule has 0 saturated carbocycles. The highest BCUT2D eigenvalue weighted by Gasteiger charge is 2.34. The van der Waals surface area contributed by atoms with Crippen LogP contribution in [-0.2, 0) is 6.42 Å². The summed E-state index contributed by atoms with van der Waals surface area (Å²) in [5, 5.41) is 81.0. The Morgan fingerprint density at radius 2 is 0.930 bits per heavy atom. The zero-order valence-corrected chi connectivity index (χ0v) is 23.0. The second kappa shape index (κ2) is 7.96. The molecule has 0 unspecified atom stereocenters. The Kier molecular flexibility index (Phi) is 4.71. The smallest absolute Gasteiger partial charge is 0.190 e. The lowest BCUT2D eigenvalue weighted by molar-refractivity contribution is 0.175. The molecule has 0 fully saturated rings. The van der Waals surface area contributed by atoms with Crippen LogP contribution < -0.4 is 10.9 Å². The van der Waals surface area contributed by atoms with Crippen LogP contribution in [0.25, 0.3) is 75.4 Å². The number of aliphatic hydroxyl groups excluding tert-OH is 1. The normalized spacial score (nSPS) is 13.5. The molecule has 214 valence electrons. The first kappa shape index (κ1) is 25.4. The largest absolute Gasteiger partial charge is 0.507 e. The van der Waals surface area contributed by atoms with Crippen LogP contribution in [0.15, 0.2) is 33.9 Å². The Morgan fingerprint density at radius 1 is 0.512 bits per heavy atom. The average molecular weight is 577 g/mol. The minimum Gasteiger partial charge on any atom is -0.507 e. The maximum atomic E-state index is 13.8. The SMILES string of the molecule is CCCc1cc(=O)c2c(O)c3c(O)cc(O)c4c5c(O)cc(O)c6c(O)c7c(=O)cc([C@@H](O)CC)c8c1c2c(c34)c(c65)c78. The Morgan fingerprint density at radius 3 is 1.42 bits per heavy atom. The van der Waals surface area contributed by atoms with Gasteiger partial charge in [-0.05, 0) is 46.9 Å². The van der Waals surface area contributed by atoms with E-state index in [0.29, 0.717) is 39.9 Å². The minimum absolute atomic E-state index is 0.00380. The van der Waals surface area contributed by atoms with Crippen LogP contribution in [0.4, 0.5) is 0 Å². The van der Waals surface area contributed by atoms with E-state index in [4.69, 9.17) is 0 Å². The maximum Gasteiger partial charge on any atom is 0.190 e. The molecule has 9 nitrogen and oxygen atoms in total. The van der Waals surface area contributed by atoms with Gasteiger partial charge in [-0.2, -0.15) is 0 Å². The highest BCUT2D eigenvalue weighted by atomic mass is 16.3. The van der Waals surface area contributed by atoms with Gasteiger partial charge in [-0.25, -0.2) is 0 Å². The fraction of sp³-hybridized carbons (Fsp3) is 0.176. The summed E-state index contributed by atoms with van der Waals surface area (Å²) >= 11 is 0. The fourth-order valence-electron chi connectivity index (χ4n) is 7.66. The number of aryl methyl sites for hydroxylation is 1. The van der Waals surface area contributed by atoms with E-state index >= 15 is 0 Å². The molecule has 8 aromatic rings. The topological polar surface area (TPSA) is 176 Å². The van der Waals surface area contributed by atoms with Crippen LogP contribution in [0.1, 0.15) is 43.9 Å². The van der Waals surface area contributed by atoms with E-state index in [0.717, 1.165) is 12.1 Å². The molecule has 8 rings (SSSR count). The van der Waals surface area contributed by atoms with Crippen molar-refractivity contribution in [2.75, 3.05) is 0 Å². The summed E-state index contributed by atoms with van der Waals surface area (Å²) in [6.45, 7) is 3.68. The zero-order valence-electron chi connectivity index (χ0n) is 23.0. The standard InChI is InChI=1S/C34H24O9/c1-3-5-10-6-13(36)23-27-19(10)20-11(12(35)4-2)7-14(37)24-28(20)32-30-22(16(39)9-18(41)26(30)34(24)43)21-15(38)8-17(40)25(33(23)42)29(21)31(27)32/h6-9,12,35,38-43H,3-5H2,1-2H3/t12-/m0/s1. The summed E-state index contributed by atoms with van der Waals surface area (Å²) < 4.78 is 0. The van der Waals surface area contributed by atoms with Gasteiger partial charge in [0.1, 0.15) is 34.5 Å². The van der Waals surface area contributed by atoms with E-state index < -0.39 is 51.5 Å². The summed E-state index contributed by atoms with van der Waals surface area (Å²) in [5.74, 6) is -3.00. The summed E-state index contributed by atoms with van der Waals surface area (Å²) in [7, 11) is 0. The van der Waals surface area contributed by atoms with E-state index in [1.807, 2.05) is 6.92 Å². The lowest BCUT2D eigenvalue weighted by Crippen LogP contribution is -2.11. The van der Waals surface area contributed by atoms with Gasteiger partial charge in [-0.15, -0.1) is 0 Å². The average Bonchev–Trinajstić information content (AvgIpc) is 2.95. The van der Waals surface area contributed by atoms with Gasteiger partial charge in [0.05, 0.1) is 27.6 Å². The molecule has 0 aromatic heterocycles. The third-order valence-corrected chi connectivity index (χ3v) is 9.23. The second-order valence-corrected chi connectivity index (χ2v) is 11.4. The fourth-order valence-corrected chi connectivity index (χ4v) is 7.66. The molecule has 0 saturated heterocycles. The molecule has 0 spiro atoms. The van der Waals surface area contributed by atoms with Crippen LogP contribution in [0.2, 0.25) is 0 Å². The van der Waals surface area contributed by atoms with E-state index in [2.05, 4.69) is 0 Å². The van der Waals surface area contributed by atoms with Crippen LogP contribution in [0.3, 0.4) is 0 Å². The van der Waals surface area contributed by atoms with Crippen molar-refractivity contribution in [3.63, 3.8) is 0 Å². The summed E-state index contributed by atoms with van der Waals surface area (Å²) in [6, 6.07) is 4.65. The van der Waals surface area contributed by atoms with Gasteiger partial charge in [0.25, 0.3) is 0 Å². The predicted octanol–water partition coefficient (Wildman–Crippen LogP) is 5.86. The van der Waals surface area contributed by atoms with Gasteiger partial charge < -0.3 is 35.7 Å². The lowest BCUT2D eigenvalue weighted by atomic mass is 9.77. The van der Waals surface area contributed by atoms with Crippen molar-refractivity contribution in [3.8, 4) is 34.5 Å². The number of phenols is 6. The van der Waals surface area contributed by atoms with E-state index in [9.17, 15) is 45.3 Å². The predicted molar refractivity (Wildman–Crippen MR) is 166 cm³/mol. The molecule has 0 heterocycles. The number of hydrogen-bond acceptors (Lipinski definition) is 9. The third-order valence-electron chi connectivity index (χ3n) is 9.23. The quantitative estimate of drug-likeness (QED) is 0.0999. The molecule has 1 atom stereocenters. The molecule has 0 aliphatic rings. The monoisotopic (exact) mass is 576 g/mol. The molecule has 0 radical (unpaired) electrons. The van der Waals surface area contributed by atoms with E-state index in [-0.39, 0.29) is 65.8 Å². The maximum absolute atomic E-state index is 13.8. The lowest BCUT2D eigenvalue weighted by Gasteiger charge is -2.27. The zero-order chi connectivity index (χ0) is 30.4. The molecule has 43 heavy (non-hydrogen) atoms. The number of aliphatic hydroxyl groups is 1. The summed E-state index contributed by atoms with van der Waals surface area (Å²) in [5.41, 5.74) is -0.250. The number of aromatic hydroxyl groups is 6. The van der Waals surface area contributed by atoms with Crippen molar-refractivity contribution in [2.45, 2.75) is 39.2 Å². The molecule has 7 N–H and O–H groups in total. The second-order valence-electron chi connectivity index (χ2n) is 11.4. The number of rotatable bonds is 4. The molecule has 0 aliphatic carbocycles. The Labute approximate surface area is 240 Å². The van der Waals surface area contributed by atoms with Crippen molar-refractivity contribution in [2.24, 2.45) is 0 Å². The van der Waals surface area contributed by atoms with Crippen LogP contribution in [0.5, 0.6) is 34.5 Å². The molecular formula is C34H24O9. The Bertz CT molecular complexity index is 2620. The number of benzene rings is 8. The van der Waals surface area contributed by atoms with Crippen molar-refractivity contribution >= 4 is 75.4 Å². The van der Waals surface area contributed by atoms with Gasteiger partial charge in [0.2, 0.25) is 0 Å². The Hall–Kier alpha value is -5.28. The third kappa shape index (κ3) is 2.71. The first-order valence-electron chi connectivity index (χ1n) is 14.0. The number of hydrogen-bond donors (Lipinski definition) is 7. The number of fused-ring (bicyclic) bond motifs is 2. The molecular weight excluding hydrogens is 552 g/mol. The van der Waals surface area contributed by atoms with Gasteiger partial charge in [-0.1, -0.05) is 20.3 Å². The number of phenolic OH excluding ortho intramolecular Hbond substituents is 6. The van der Waals surface area contributed by atoms with Crippen LogP contribution >= 0.6 is 0 Å². The van der Waals surface area contributed by atoms with Crippen molar-refractivity contribution in [3.05, 3.63) is 55.8 Å². The van der Waals surface area contributed by atoms with E-state index in [1.165, 1.54) is 12.1 Å². The van der Waals surface area contributed by atoms with Crippen molar-refractivity contribution < 1.29 is 35.7 Å². The molecule has 9 heteroatoms. The van der Waals surface area contributed by atoms with Crippen molar-refractivity contribution in [1.29, 1.82) is 0 Å². The molecule has 0 bridgehead atoms. The molecule has 8 aromatic carbocycles. The summed E-state index contributed by atoms with van der Waals surface area (Å²) in [4.78, 5) is 27.6. The van der Waals surface area contributed by atoms with Crippen LogP contribution in [0, 0.1) is 0 Å². The van der Waals surface area contributed by atoms with Gasteiger partial charge in [0.15, 0.2) is 10.9 Å². The van der Waals surface area contributed by atoms with Gasteiger partial charge >= 0.3 is 0 Å². The van der Waals surface area contributed by atoms with Gasteiger partial charge in [0, 0.05) is 55.2 Å². The molecule has 0 aliphatic heterocycles. The highest BCUT2D eigenvalue weighted by molar-refractivity contribution is 6.52. The highest BCUT2D eigenvalue weighted by Crippen LogP contribution is 2.60. The molecule has 0 amide bonds. The first-order valence-corrected chi connectivity index (χ1v) is 14.0. The van der Waals surface area contributed by atoms with Gasteiger partial charge in [-0.3, -0.25) is 9.59 Å². The first-order chi connectivity index (χ1) is 20.5. The minimum atomic E-state index is -1.10. The van der Waals surface area contributed by atoms with Crippen LogP contribution in [-0.4, -0.2) is 35.7 Å². The Balaban J connectivity index is 1.97. The van der Waals surface area contributed by atoms with E-state index in [1.54, 1.807) is 6.92 Å². The van der Waals surface area contributed by atoms with Crippen molar-refractivity contribution in [1.82, 2.24) is 0 Å². The summed E-state index contributed by atoms with van der Waals surface area (Å²) in [6.07, 6.45) is 0.206.